The van der Waals surface area contributed by atoms with Gasteiger partial charge in [0.25, 0.3) is 11.6 Å². The molecule has 0 bridgehead atoms. The van der Waals surface area contributed by atoms with Crippen LogP contribution in [0.1, 0.15) is 21.6 Å². The summed E-state index contributed by atoms with van der Waals surface area (Å²) in [5.74, 6) is -0.191. The lowest BCUT2D eigenvalue weighted by molar-refractivity contribution is 0.0950. The highest BCUT2D eigenvalue weighted by atomic mass is 16.5. The van der Waals surface area contributed by atoms with E-state index in [4.69, 9.17) is 4.52 Å². The second kappa shape index (κ2) is 5.08. The number of aromatic nitrogens is 3. The summed E-state index contributed by atoms with van der Waals surface area (Å²) in [6.45, 7) is 2.23. The SMILES string of the molecule is Cc1noc2ncc(C(=O)NCc3cccnc3)cc12. The Hall–Kier alpha value is -2.76. The first kappa shape index (κ1) is 12.3. The lowest BCUT2D eigenvalue weighted by atomic mass is 10.2. The number of rotatable bonds is 3. The molecule has 0 aliphatic carbocycles. The third-order valence-electron chi connectivity index (χ3n) is 2.95. The van der Waals surface area contributed by atoms with E-state index in [1.807, 2.05) is 19.1 Å². The number of amides is 1. The van der Waals surface area contributed by atoms with Gasteiger partial charge in [0.1, 0.15) is 0 Å². The number of pyridine rings is 2. The standard InChI is InChI=1S/C14H12N4O2/c1-9-12-5-11(8-17-14(12)20-18-9)13(19)16-7-10-3-2-4-15-6-10/h2-6,8H,7H2,1H3,(H,16,19). The van der Waals surface area contributed by atoms with Crippen LogP contribution in [0.2, 0.25) is 0 Å². The van der Waals surface area contributed by atoms with E-state index in [-0.39, 0.29) is 5.91 Å². The number of carbonyl (C=O) groups excluding carboxylic acids is 1. The lowest BCUT2D eigenvalue weighted by Gasteiger charge is -2.04. The fourth-order valence-corrected chi connectivity index (χ4v) is 1.86. The second-order valence-corrected chi connectivity index (χ2v) is 4.39. The third kappa shape index (κ3) is 2.35. The summed E-state index contributed by atoms with van der Waals surface area (Å²) in [5.41, 5.74) is 2.57. The van der Waals surface area contributed by atoms with E-state index in [1.54, 1.807) is 18.5 Å². The highest BCUT2D eigenvalue weighted by Crippen LogP contribution is 2.16. The number of nitrogens with zero attached hydrogens (tertiary/aromatic N) is 3. The number of nitrogens with one attached hydrogen (secondary N) is 1. The number of hydrogen-bond acceptors (Lipinski definition) is 5. The van der Waals surface area contributed by atoms with Crippen molar-refractivity contribution in [1.82, 2.24) is 20.4 Å². The zero-order chi connectivity index (χ0) is 13.9. The second-order valence-electron chi connectivity index (χ2n) is 4.39. The van der Waals surface area contributed by atoms with Crippen LogP contribution in [0.4, 0.5) is 0 Å². The van der Waals surface area contributed by atoms with Crippen molar-refractivity contribution in [2.45, 2.75) is 13.5 Å². The first-order valence-corrected chi connectivity index (χ1v) is 6.13. The van der Waals surface area contributed by atoms with Crippen LogP contribution in [0.3, 0.4) is 0 Å². The molecule has 3 aromatic heterocycles. The molecule has 0 atom stereocenters. The van der Waals surface area contributed by atoms with Gasteiger partial charge in [-0.3, -0.25) is 9.78 Å². The molecule has 0 spiro atoms. The van der Waals surface area contributed by atoms with Gasteiger partial charge in [0, 0.05) is 25.1 Å². The van der Waals surface area contributed by atoms with Crippen LogP contribution in [0.25, 0.3) is 11.1 Å². The van der Waals surface area contributed by atoms with Crippen LogP contribution in [0.15, 0.2) is 41.3 Å². The molecule has 6 nitrogen and oxygen atoms in total. The Balaban J connectivity index is 1.77. The Morgan fingerprint density at radius 2 is 2.30 bits per heavy atom. The Labute approximate surface area is 114 Å². The molecule has 1 N–H and O–H groups in total. The van der Waals surface area contributed by atoms with Gasteiger partial charge in [-0.1, -0.05) is 11.2 Å². The van der Waals surface area contributed by atoms with Crippen molar-refractivity contribution in [1.29, 1.82) is 0 Å². The molecule has 3 heterocycles. The van der Waals surface area contributed by atoms with Crippen molar-refractivity contribution < 1.29 is 9.32 Å². The molecule has 0 saturated carbocycles. The largest absolute Gasteiger partial charge is 0.348 e. The highest BCUT2D eigenvalue weighted by Gasteiger charge is 2.11. The first-order valence-electron chi connectivity index (χ1n) is 6.13. The summed E-state index contributed by atoms with van der Waals surface area (Å²) >= 11 is 0. The molecule has 0 unspecified atom stereocenters. The molecule has 0 fully saturated rings. The van der Waals surface area contributed by atoms with Gasteiger partial charge in [-0.05, 0) is 24.6 Å². The normalized spacial score (nSPS) is 10.7. The first-order chi connectivity index (χ1) is 9.74. The minimum atomic E-state index is -0.191. The van der Waals surface area contributed by atoms with Gasteiger partial charge < -0.3 is 9.84 Å². The van der Waals surface area contributed by atoms with Gasteiger partial charge in [0.15, 0.2) is 0 Å². The summed E-state index contributed by atoms with van der Waals surface area (Å²) < 4.78 is 5.01. The molecule has 0 saturated heterocycles. The van der Waals surface area contributed by atoms with E-state index in [0.29, 0.717) is 17.8 Å². The highest BCUT2D eigenvalue weighted by molar-refractivity contribution is 5.96. The van der Waals surface area contributed by atoms with Crippen LogP contribution in [-0.4, -0.2) is 21.0 Å². The smallest absolute Gasteiger partial charge is 0.257 e. The van der Waals surface area contributed by atoms with Crippen molar-refractivity contribution in [3.8, 4) is 0 Å². The Bertz CT molecular complexity index is 752. The van der Waals surface area contributed by atoms with Crippen LogP contribution in [0.5, 0.6) is 0 Å². The van der Waals surface area contributed by atoms with E-state index in [1.165, 1.54) is 6.20 Å². The van der Waals surface area contributed by atoms with E-state index in [2.05, 4.69) is 20.4 Å². The minimum Gasteiger partial charge on any atom is -0.348 e. The Morgan fingerprint density at radius 3 is 3.10 bits per heavy atom. The summed E-state index contributed by atoms with van der Waals surface area (Å²) in [6.07, 6.45) is 4.88. The average Bonchev–Trinajstić information content (AvgIpc) is 2.87. The van der Waals surface area contributed by atoms with Gasteiger partial charge in [0.05, 0.1) is 16.6 Å². The number of carbonyl (C=O) groups is 1. The van der Waals surface area contributed by atoms with Gasteiger partial charge >= 0.3 is 0 Å². The molecule has 3 aromatic rings. The molecule has 0 aliphatic rings. The Kier molecular flexibility index (Phi) is 3.12. The lowest BCUT2D eigenvalue weighted by Crippen LogP contribution is -2.22. The predicted molar refractivity (Wildman–Crippen MR) is 71.9 cm³/mol. The number of aryl methyl sites for hydroxylation is 1. The fourth-order valence-electron chi connectivity index (χ4n) is 1.86. The van der Waals surface area contributed by atoms with Gasteiger partial charge in [-0.2, -0.15) is 0 Å². The third-order valence-corrected chi connectivity index (χ3v) is 2.95. The summed E-state index contributed by atoms with van der Waals surface area (Å²) in [7, 11) is 0. The molecule has 100 valence electrons. The quantitative estimate of drug-likeness (QED) is 0.784. The van der Waals surface area contributed by atoms with Crippen LogP contribution < -0.4 is 5.32 Å². The topological polar surface area (TPSA) is 80.9 Å². The van der Waals surface area contributed by atoms with Gasteiger partial charge in [-0.15, -0.1) is 0 Å². The van der Waals surface area contributed by atoms with Gasteiger partial charge in [-0.25, -0.2) is 4.98 Å². The molecular formula is C14H12N4O2. The molecular weight excluding hydrogens is 256 g/mol. The summed E-state index contributed by atoms with van der Waals surface area (Å²) in [4.78, 5) is 20.1. The van der Waals surface area contributed by atoms with Crippen molar-refractivity contribution in [3.63, 3.8) is 0 Å². The maximum absolute atomic E-state index is 12.1. The van der Waals surface area contributed by atoms with Crippen LogP contribution >= 0.6 is 0 Å². The van der Waals surface area contributed by atoms with Crippen LogP contribution in [-0.2, 0) is 6.54 Å². The molecule has 20 heavy (non-hydrogen) atoms. The van der Waals surface area contributed by atoms with Crippen molar-refractivity contribution in [3.05, 3.63) is 53.6 Å². The number of fused-ring (bicyclic) bond motifs is 1. The minimum absolute atomic E-state index is 0.191. The van der Waals surface area contributed by atoms with Crippen LogP contribution in [0, 0.1) is 6.92 Å². The van der Waals surface area contributed by atoms with E-state index < -0.39 is 0 Å². The average molecular weight is 268 g/mol. The molecule has 1 amide bonds. The predicted octanol–water partition coefficient (Wildman–Crippen LogP) is 1.86. The summed E-state index contributed by atoms with van der Waals surface area (Å²) in [6, 6.07) is 5.46. The zero-order valence-corrected chi connectivity index (χ0v) is 10.8. The Morgan fingerprint density at radius 1 is 1.40 bits per heavy atom. The fraction of sp³-hybridized carbons (Fsp3) is 0.143. The van der Waals surface area contributed by atoms with E-state index in [0.717, 1.165) is 16.6 Å². The monoisotopic (exact) mass is 268 g/mol. The van der Waals surface area contributed by atoms with E-state index >= 15 is 0 Å². The molecule has 6 heteroatoms. The maximum atomic E-state index is 12.1. The van der Waals surface area contributed by atoms with Gasteiger partial charge in [0.2, 0.25) is 0 Å². The molecule has 3 rings (SSSR count). The zero-order valence-electron chi connectivity index (χ0n) is 10.8. The summed E-state index contributed by atoms with van der Waals surface area (Å²) in [5, 5.41) is 7.38. The van der Waals surface area contributed by atoms with Crippen molar-refractivity contribution in [2.24, 2.45) is 0 Å². The van der Waals surface area contributed by atoms with Crippen molar-refractivity contribution in [2.75, 3.05) is 0 Å². The molecule has 0 radical (unpaired) electrons. The molecule has 0 aliphatic heterocycles. The van der Waals surface area contributed by atoms with Crippen molar-refractivity contribution >= 4 is 17.0 Å². The number of hydrogen-bond donors (Lipinski definition) is 1. The maximum Gasteiger partial charge on any atom is 0.257 e. The van der Waals surface area contributed by atoms with E-state index in [9.17, 15) is 4.79 Å². The molecule has 0 aromatic carbocycles.